The molecule has 2 nitrogen and oxygen atoms in total. The van der Waals surface area contributed by atoms with Gasteiger partial charge in [-0.25, -0.2) is 0 Å². The number of carbonyl (C=O) groups excluding carboxylic acids is 1. The van der Waals surface area contributed by atoms with Gasteiger partial charge in [-0.2, -0.15) is 13.2 Å². The van der Waals surface area contributed by atoms with Crippen LogP contribution < -0.4 is 4.90 Å². The average Bonchev–Trinajstić information content (AvgIpc) is 2.37. The highest BCUT2D eigenvalue weighted by molar-refractivity contribution is 9.10. The van der Waals surface area contributed by atoms with Crippen LogP contribution in [0.1, 0.15) is 24.8 Å². The molecule has 0 N–H and O–H groups in total. The van der Waals surface area contributed by atoms with Crippen molar-refractivity contribution in [3.05, 3.63) is 28.2 Å². The minimum absolute atomic E-state index is 0.0821. The topological polar surface area (TPSA) is 20.3 Å². The van der Waals surface area contributed by atoms with Crippen molar-refractivity contribution in [2.24, 2.45) is 0 Å². The largest absolute Gasteiger partial charge is 0.418 e. The summed E-state index contributed by atoms with van der Waals surface area (Å²) in [6, 6.07) is 3.39. The SMILES string of the molecule is O=CC1CCCCN1c1cc(Br)ccc1C(F)(F)F. The molecule has 0 bridgehead atoms. The highest BCUT2D eigenvalue weighted by Crippen LogP contribution is 2.39. The second-order valence-corrected chi connectivity index (χ2v) is 5.47. The summed E-state index contributed by atoms with van der Waals surface area (Å²) < 4.78 is 39.7. The minimum Gasteiger partial charge on any atom is -0.361 e. The standard InChI is InChI=1S/C13H13BrF3NO/c14-9-4-5-11(13(15,16)17)12(7-9)18-6-2-1-3-10(18)8-19/h4-5,7-8,10H,1-3,6H2. The van der Waals surface area contributed by atoms with Crippen molar-refractivity contribution in [2.45, 2.75) is 31.5 Å². The molecule has 1 fully saturated rings. The zero-order valence-electron chi connectivity index (χ0n) is 10.1. The Balaban J connectivity index is 2.47. The van der Waals surface area contributed by atoms with Crippen LogP contribution in [-0.4, -0.2) is 18.9 Å². The quantitative estimate of drug-likeness (QED) is 0.760. The third-order valence-electron chi connectivity index (χ3n) is 3.28. The molecule has 1 aromatic rings. The van der Waals surface area contributed by atoms with Crippen LogP contribution in [0.5, 0.6) is 0 Å². The van der Waals surface area contributed by atoms with Gasteiger partial charge in [0.2, 0.25) is 0 Å². The van der Waals surface area contributed by atoms with E-state index in [0.717, 1.165) is 25.2 Å². The van der Waals surface area contributed by atoms with E-state index in [2.05, 4.69) is 15.9 Å². The summed E-state index contributed by atoms with van der Waals surface area (Å²) in [5, 5.41) is 0. The van der Waals surface area contributed by atoms with E-state index in [4.69, 9.17) is 0 Å². The third kappa shape index (κ3) is 3.11. The summed E-state index contributed by atoms with van der Waals surface area (Å²) in [6.45, 7) is 0.475. The van der Waals surface area contributed by atoms with E-state index in [-0.39, 0.29) is 5.69 Å². The van der Waals surface area contributed by atoms with Gasteiger partial charge in [0.1, 0.15) is 6.29 Å². The van der Waals surface area contributed by atoms with Gasteiger partial charge in [-0.1, -0.05) is 15.9 Å². The number of piperidine rings is 1. The number of nitrogens with zero attached hydrogens (tertiary/aromatic N) is 1. The molecular formula is C13H13BrF3NO. The van der Waals surface area contributed by atoms with E-state index in [1.54, 1.807) is 4.90 Å². The molecule has 1 unspecified atom stereocenters. The first-order chi connectivity index (χ1) is 8.93. The maximum atomic E-state index is 13.0. The summed E-state index contributed by atoms with van der Waals surface area (Å²) in [4.78, 5) is 12.6. The molecule has 1 atom stereocenters. The predicted molar refractivity (Wildman–Crippen MR) is 70.2 cm³/mol. The molecule has 1 aromatic carbocycles. The van der Waals surface area contributed by atoms with Crippen LogP contribution in [0.25, 0.3) is 0 Å². The molecule has 0 aliphatic carbocycles. The fourth-order valence-electron chi connectivity index (χ4n) is 2.38. The maximum absolute atomic E-state index is 13.0. The van der Waals surface area contributed by atoms with Gasteiger partial charge in [-0.05, 0) is 37.5 Å². The van der Waals surface area contributed by atoms with Crippen molar-refractivity contribution in [1.29, 1.82) is 0 Å². The van der Waals surface area contributed by atoms with E-state index in [0.29, 0.717) is 17.4 Å². The second-order valence-electron chi connectivity index (χ2n) is 4.55. The van der Waals surface area contributed by atoms with E-state index >= 15 is 0 Å². The first kappa shape index (κ1) is 14.4. The van der Waals surface area contributed by atoms with Crippen LogP contribution in [0.3, 0.4) is 0 Å². The van der Waals surface area contributed by atoms with Crippen LogP contribution in [0.2, 0.25) is 0 Å². The molecule has 0 amide bonds. The Kier molecular flexibility index (Phi) is 4.18. The lowest BCUT2D eigenvalue weighted by Crippen LogP contribution is -2.41. The van der Waals surface area contributed by atoms with Gasteiger partial charge < -0.3 is 9.69 Å². The number of anilines is 1. The molecule has 19 heavy (non-hydrogen) atoms. The van der Waals surface area contributed by atoms with Gasteiger partial charge >= 0.3 is 6.18 Å². The average molecular weight is 336 g/mol. The van der Waals surface area contributed by atoms with Crippen LogP contribution in [0, 0.1) is 0 Å². The van der Waals surface area contributed by atoms with Crippen molar-refractivity contribution in [3.63, 3.8) is 0 Å². The Bertz CT molecular complexity index is 475. The highest BCUT2D eigenvalue weighted by atomic mass is 79.9. The zero-order valence-corrected chi connectivity index (χ0v) is 11.7. The molecule has 0 radical (unpaired) electrons. The van der Waals surface area contributed by atoms with Crippen molar-refractivity contribution in [2.75, 3.05) is 11.4 Å². The highest BCUT2D eigenvalue weighted by Gasteiger charge is 2.36. The zero-order chi connectivity index (χ0) is 14.0. The number of hydrogen-bond donors (Lipinski definition) is 0. The van der Waals surface area contributed by atoms with Crippen molar-refractivity contribution in [3.8, 4) is 0 Å². The summed E-state index contributed by atoms with van der Waals surface area (Å²) in [5.74, 6) is 0. The molecule has 1 aliphatic rings. The van der Waals surface area contributed by atoms with Gasteiger partial charge in [0.05, 0.1) is 17.3 Å². The molecule has 1 heterocycles. The Morgan fingerprint density at radius 2 is 2.05 bits per heavy atom. The van der Waals surface area contributed by atoms with E-state index in [9.17, 15) is 18.0 Å². The lowest BCUT2D eigenvalue weighted by atomic mass is 10.0. The Morgan fingerprint density at radius 1 is 1.32 bits per heavy atom. The molecule has 0 saturated carbocycles. The third-order valence-corrected chi connectivity index (χ3v) is 3.77. The van der Waals surface area contributed by atoms with E-state index in [1.807, 2.05) is 0 Å². The Hall–Kier alpha value is -1.04. The Morgan fingerprint density at radius 3 is 2.68 bits per heavy atom. The smallest absolute Gasteiger partial charge is 0.361 e. The monoisotopic (exact) mass is 335 g/mol. The maximum Gasteiger partial charge on any atom is 0.418 e. The fourth-order valence-corrected chi connectivity index (χ4v) is 2.73. The molecule has 0 spiro atoms. The lowest BCUT2D eigenvalue weighted by Gasteiger charge is -2.36. The fraction of sp³-hybridized carbons (Fsp3) is 0.462. The van der Waals surface area contributed by atoms with Gasteiger partial charge in [0.25, 0.3) is 0 Å². The second kappa shape index (κ2) is 5.53. The number of hydrogen-bond acceptors (Lipinski definition) is 2. The number of carbonyl (C=O) groups is 1. The summed E-state index contributed by atoms with van der Waals surface area (Å²) in [6.07, 6.45) is -1.40. The molecule has 2 rings (SSSR count). The minimum atomic E-state index is -4.42. The number of aldehydes is 1. The molecule has 1 saturated heterocycles. The van der Waals surface area contributed by atoms with Crippen molar-refractivity contribution < 1.29 is 18.0 Å². The summed E-state index contributed by atoms with van der Waals surface area (Å²) in [5.41, 5.74) is -0.608. The number of rotatable bonds is 2. The summed E-state index contributed by atoms with van der Waals surface area (Å²) in [7, 11) is 0. The number of halogens is 4. The first-order valence-electron chi connectivity index (χ1n) is 6.02. The predicted octanol–water partition coefficient (Wildman–Crippen LogP) is 4.03. The van der Waals surface area contributed by atoms with Gasteiger partial charge in [0.15, 0.2) is 0 Å². The number of benzene rings is 1. The number of alkyl halides is 3. The lowest BCUT2D eigenvalue weighted by molar-refractivity contribution is -0.137. The van der Waals surface area contributed by atoms with Crippen LogP contribution in [-0.2, 0) is 11.0 Å². The molecule has 104 valence electrons. The van der Waals surface area contributed by atoms with Crippen LogP contribution >= 0.6 is 15.9 Å². The van der Waals surface area contributed by atoms with Gasteiger partial charge in [-0.15, -0.1) is 0 Å². The van der Waals surface area contributed by atoms with E-state index < -0.39 is 17.8 Å². The molecule has 0 aromatic heterocycles. The van der Waals surface area contributed by atoms with Crippen molar-refractivity contribution >= 4 is 27.9 Å². The van der Waals surface area contributed by atoms with Crippen LogP contribution in [0.4, 0.5) is 18.9 Å². The molecule has 1 aliphatic heterocycles. The summed E-state index contributed by atoms with van der Waals surface area (Å²) >= 11 is 3.19. The first-order valence-corrected chi connectivity index (χ1v) is 6.81. The van der Waals surface area contributed by atoms with E-state index in [1.165, 1.54) is 12.1 Å². The molecular weight excluding hydrogens is 323 g/mol. The molecule has 6 heteroatoms. The van der Waals surface area contributed by atoms with Gasteiger partial charge in [0, 0.05) is 11.0 Å². The van der Waals surface area contributed by atoms with Gasteiger partial charge in [-0.3, -0.25) is 0 Å². The van der Waals surface area contributed by atoms with Crippen LogP contribution in [0.15, 0.2) is 22.7 Å². The normalized spacial score (nSPS) is 20.4. The van der Waals surface area contributed by atoms with Crippen molar-refractivity contribution in [1.82, 2.24) is 0 Å². The Labute approximate surface area is 117 Å².